The summed E-state index contributed by atoms with van der Waals surface area (Å²) >= 11 is 1.85. The lowest BCUT2D eigenvalue weighted by molar-refractivity contribution is -0.131. The molecule has 1 aliphatic rings. The van der Waals surface area contributed by atoms with Crippen molar-refractivity contribution in [1.82, 2.24) is 9.88 Å². The van der Waals surface area contributed by atoms with E-state index < -0.39 is 0 Å². The number of aromatic nitrogens is 1. The number of carbonyl (C=O) groups is 1. The Morgan fingerprint density at radius 3 is 2.89 bits per heavy atom. The SMILES string of the molecule is CCCCCCC(=O)N1CCS[C@H]1c1ccncc1. The second-order valence-corrected chi connectivity index (χ2v) is 6.09. The molecule has 0 spiro atoms. The van der Waals surface area contributed by atoms with Crippen molar-refractivity contribution in [2.24, 2.45) is 0 Å². The van der Waals surface area contributed by atoms with Crippen LogP contribution >= 0.6 is 11.8 Å². The summed E-state index contributed by atoms with van der Waals surface area (Å²) in [6, 6.07) is 4.03. The maximum atomic E-state index is 12.3. The van der Waals surface area contributed by atoms with Crippen LogP contribution < -0.4 is 0 Å². The summed E-state index contributed by atoms with van der Waals surface area (Å²) in [5, 5.41) is 0.196. The van der Waals surface area contributed by atoms with Gasteiger partial charge in [0, 0.05) is 31.1 Å². The zero-order valence-electron chi connectivity index (χ0n) is 11.5. The molecular formula is C15H22N2OS. The number of rotatable bonds is 6. The zero-order chi connectivity index (χ0) is 13.5. The molecule has 2 rings (SSSR count). The summed E-state index contributed by atoms with van der Waals surface area (Å²) < 4.78 is 0. The van der Waals surface area contributed by atoms with Crippen molar-refractivity contribution in [3.63, 3.8) is 0 Å². The molecule has 4 heteroatoms. The monoisotopic (exact) mass is 278 g/mol. The fourth-order valence-corrected chi connectivity index (χ4v) is 3.65. The first kappa shape index (κ1) is 14.4. The highest BCUT2D eigenvalue weighted by Crippen LogP contribution is 2.37. The highest BCUT2D eigenvalue weighted by atomic mass is 32.2. The lowest BCUT2D eigenvalue weighted by Gasteiger charge is -2.24. The molecular weight excluding hydrogens is 256 g/mol. The molecule has 0 radical (unpaired) electrons. The Hall–Kier alpha value is -1.03. The molecule has 0 aromatic carbocycles. The quantitative estimate of drug-likeness (QED) is 0.745. The number of carbonyl (C=O) groups excluding carboxylic acids is 1. The fraction of sp³-hybridized carbons (Fsp3) is 0.600. The molecule has 19 heavy (non-hydrogen) atoms. The number of unbranched alkanes of at least 4 members (excludes halogenated alkanes) is 3. The molecule has 1 aromatic heterocycles. The van der Waals surface area contributed by atoms with Crippen LogP contribution in [0.2, 0.25) is 0 Å². The van der Waals surface area contributed by atoms with E-state index in [1.165, 1.54) is 24.8 Å². The van der Waals surface area contributed by atoms with Crippen molar-refractivity contribution < 1.29 is 4.79 Å². The van der Waals surface area contributed by atoms with Crippen LogP contribution in [0.5, 0.6) is 0 Å². The van der Waals surface area contributed by atoms with Crippen molar-refractivity contribution in [2.75, 3.05) is 12.3 Å². The predicted octanol–water partition coefficient (Wildman–Crippen LogP) is 3.63. The molecule has 1 fully saturated rings. The number of hydrogen-bond donors (Lipinski definition) is 0. The van der Waals surface area contributed by atoms with E-state index in [0.717, 1.165) is 18.7 Å². The Morgan fingerprint density at radius 2 is 2.16 bits per heavy atom. The van der Waals surface area contributed by atoms with Crippen LogP contribution in [0.25, 0.3) is 0 Å². The molecule has 0 unspecified atom stereocenters. The number of hydrogen-bond acceptors (Lipinski definition) is 3. The molecule has 1 aliphatic heterocycles. The minimum atomic E-state index is 0.196. The molecule has 0 aliphatic carbocycles. The van der Waals surface area contributed by atoms with Gasteiger partial charge in [-0.25, -0.2) is 0 Å². The zero-order valence-corrected chi connectivity index (χ0v) is 12.4. The first-order valence-corrected chi connectivity index (χ1v) is 8.19. The van der Waals surface area contributed by atoms with E-state index in [4.69, 9.17) is 0 Å². The van der Waals surface area contributed by atoms with Crippen LogP contribution in [0.1, 0.15) is 50.0 Å². The van der Waals surface area contributed by atoms with Crippen LogP contribution in [0.15, 0.2) is 24.5 Å². The summed E-state index contributed by atoms with van der Waals surface area (Å²) in [6.07, 6.45) is 8.95. The third-order valence-electron chi connectivity index (χ3n) is 3.45. The minimum absolute atomic E-state index is 0.196. The van der Waals surface area contributed by atoms with Gasteiger partial charge in [-0.15, -0.1) is 11.8 Å². The van der Waals surface area contributed by atoms with Gasteiger partial charge in [0.05, 0.1) is 0 Å². The summed E-state index contributed by atoms with van der Waals surface area (Å²) in [4.78, 5) is 18.4. The summed E-state index contributed by atoms with van der Waals surface area (Å²) in [5.41, 5.74) is 1.19. The normalized spacial score (nSPS) is 18.8. The third kappa shape index (κ3) is 3.96. The third-order valence-corrected chi connectivity index (χ3v) is 4.71. The van der Waals surface area contributed by atoms with Crippen LogP contribution in [-0.4, -0.2) is 28.1 Å². The van der Waals surface area contributed by atoms with Crippen molar-refractivity contribution in [3.8, 4) is 0 Å². The van der Waals surface area contributed by atoms with Crippen LogP contribution in [0, 0.1) is 0 Å². The van der Waals surface area contributed by atoms with E-state index in [0.29, 0.717) is 12.3 Å². The van der Waals surface area contributed by atoms with E-state index in [9.17, 15) is 4.79 Å². The lowest BCUT2D eigenvalue weighted by atomic mass is 10.1. The van der Waals surface area contributed by atoms with Gasteiger partial charge in [-0.05, 0) is 24.1 Å². The first-order valence-electron chi connectivity index (χ1n) is 7.14. The van der Waals surface area contributed by atoms with Gasteiger partial charge in [0.15, 0.2) is 0 Å². The van der Waals surface area contributed by atoms with E-state index in [1.807, 2.05) is 28.8 Å². The van der Waals surface area contributed by atoms with Crippen molar-refractivity contribution in [1.29, 1.82) is 0 Å². The second kappa shape index (κ2) is 7.53. The highest BCUT2D eigenvalue weighted by molar-refractivity contribution is 7.99. The van der Waals surface area contributed by atoms with Crippen molar-refractivity contribution in [3.05, 3.63) is 30.1 Å². The number of thioether (sulfide) groups is 1. The largest absolute Gasteiger partial charge is 0.326 e. The van der Waals surface area contributed by atoms with E-state index in [2.05, 4.69) is 11.9 Å². The van der Waals surface area contributed by atoms with Gasteiger partial charge in [-0.2, -0.15) is 0 Å². The van der Waals surface area contributed by atoms with Crippen LogP contribution in [0.3, 0.4) is 0 Å². The average molecular weight is 278 g/mol. The van der Waals surface area contributed by atoms with Crippen molar-refractivity contribution >= 4 is 17.7 Å². The van der Waals surface area contributed by atoms with Crippen molar-refractivity contribution in [2.45, 2.75) is 44.4 Å². The van der Waals surface area contributed by atoms with E-state index in [-0.39, 0.29) is 5.37 Å². The van der Waals surface area contributed by atoms with Gasteiger partial charge in [-0.1, -0.05) is 26.2 Å². The van der Waals surface area contributed by atoms with Gasteiger partial charge >= 0.3 is 0 Å². The molecule has 1 amide bonds. The summed E-state index contributed by atoms with van der Waals surface area (Å²) in [6.45, 7) is 3.07. The molecule has 3 nitrogen and oxygen atoms in total. The highest BCUT2D eigenvalue weighted by Gasteiger charge is 2.29. The first-order chi connectivity index (χ1) is 9.33. The van der Waals surface area contributed by atoms with Crippen LogP contribution in [-0.2, 0) is 4.79 Å². The number of amides is 1. The molecule has 0 saturated carbocycles. The molecule has 0 bridgehead atoms. The minimum Gasteiger partial charge on any atom is -0.326 e. The van der Waals surface area contributed by atoms with E-state index in [1.54, 1.807) is 12.4 Å². The van der Waals surface area contributed by atoms with Crippen LogP contribution in [0.4, 0.5) is 0 Å². The maximum absolute atomic E-state index is 12.3. The smallest absolute Gasteiger partial charge is 0.223 e. The predicted molar refractivity (Wildman–Crippen MR) is 79.9 cm³/mol. The van der Waals surface area contributed by atoms with Gasteiger partial charge in [-0.3, -0.25) is 9.78 Å². The molecule has 2 heterocycles. The summed E-state index contributed by atoms with van der Waals surface area (Å²) in [7, 11) is 0. The number of pyridine rings is 1. The Balaban J connectivity index is 1.90. The molecule has 1 atom stereocenters. The Bertz CT molecular complexity index is 396. The van der Waals surface area contributed by atoms with E-state index >= 15 is 0 Å². The van der Waals surface area contributed by atoms with Gasteiger partial charge in [0.25, 0.3) is 0 Å². The molecule has 1 saturated heterocycles. The molecule has 1 aromatic rings. The number of nitrogens with zero attached hydrogens (tertiary/aromatic N) is 2. The topological polar surface area (TPSA) is 33.2 Å². The van der Waals surface area contributed by atoms with Gasteiger partial charge in [0.1, 0.15) is 5.37 Å². The van der Waals surface area contributed by atoms with Gasteiger partial charge in [0.2, 0.25) is 5.91 Å². The maximum Gasteiger partial charge on any atom is 0.223 e. The lowest BCUT2D eigenvalue weighted by Crippen LogP contribution is -2.30. The molecule has 104 valence electrons. The molecule has 0 N–H and O–H groups in total. The second-order valence-electron chi connectivity index (χ2n) is 4.90. The Kier molecular flexibility index (Phi) is 5.70. The fourth-order valence-electron chi connectivity index (χ4n) is 2.38. The Labute approximate surface area is 119 Å². The summed E-state index contributed by atoms with van der Waals surface area (Å²) in [5.74, 6) is 1.34. The van der Waals surface area contributed by atoms with Gasteiger partial charge < -0.3 is 4.90 Å². The Morgan fingerprint density at radius 1 is 1.37 bits per heavy atom. The average Bonchev–Trinajstić information content (AvgIpc) is 2.94. The standard InChI is InChI=1S/C15H22N2OS/c1-2-3-4-5-6-14(18)17-11-12-19-15(17)13-7-9-16-10-8-13/h7-10,15H,2-6,11-12H2,1H3/t15-/m0/s1.